The molecule has 0 aliphatic carbocycles. The fourth-order valence-corrected chi connectivity index (χ4v) is 2.74. The van der Waals surface area contributed by atoms with Crippen LogP contribution >= 0.6 is 0 Å². The summed E-state index contributed by atoms with van der Waals surface area (Å²) in [6.45, 7) is 7.33. The highest BCUT2D eigenvalue weighted by Crippen LogP contribution is 2.22. The molecule has 0 aromatic heterocycles. The van der Waals surface area contributed by atoms with E-state index < -0.39 is 0 Å². The number of amides is 1. The molecule has 4 heteroatoms. The lowest BCUT2D eigenvalue weighted by molar-refractivity contribution is -0.143. The molecule has 1 aromatic rings. The Kier molecular flexibility index (Phi) is 5.58. The minimum atomic E-state index is -0.231. The van der Waals surface area contributed by atoms with Crippen molar-refractivity contribution in [2.24, 2.45) is 5.92 Å². The first kappa shape index (κ1) is 16.5. The minimum absolute atomic E-state index is 0.110. The van der Waals surface area contributed by atoms with Gasteiger partial charge in [0.05, 0.1) is 5.92 Å². The van der Waals surface area contributed by atoms with Crippen molar-refractivity contribution < 1.29 is 14.3 Å². The molecule has 1 atom stereocenters. The molecule has 2 rings (SSSR count). The first-order chi connectivity index (χ1) is 10.5. The molecular weight excluding hydrogens is 278 g/mol. The Morgan fingerprint density at radius 2 is 1.95 bits per heavy atom. The molecule has 0 bridgehead atoms. The summed E-state index contributed by atoms with van der Waals surface area (Å²) in [6, 6.07) is 7.65. The predicted octanol–water partition coefficient (Wildman–Crippen LogP) is 3.36. The fraction of sp³-hybridized carbons (Fsp3) is 0.556. The predicted molar refractivity (Wildman–Crippen MR) is 85.8 cm³/mol. The summed E-state index contributed by atoms with van der Waals surface area (Å²) >= 11 is 0. The zero-order chi connectivity index (χ0) is 16.1. The van der Waals surface area contributed by atoms with Gasteiger partial charge in [-0.3, -0.25) is 9.59 Å². The lowest BCUT2D eigenvalue weighted by atomic mass is 9.98. The van der Waals surface area contributed by atoms with Crippen molar-refractivity contribution in [3.05, 3.63) is 29.8 Å². The van der Waals surface area contributed by atoms with Crippen molar-refractivity contribution in [1.82, 2.24) is 4.90 Å². The van der Waals surface area contributed by atoms with E-state index in [1.165, 1.54) is 5.56 Å². The van der Waals surface area contributed by atoms with E-state index in [9.17, 15) is 9.59 Å². The molecule has 4 nitrogen and oxygen atoms in total. The van der Waals surface area contributed by atoms with Crippen LogP contribution in [0.1, 0.15) is 51.5 Å². The van der Waals surface area contributed by atoms with Gasteiger partial charge in [-0.1, -0.05) is 32.9 Å². The number of ether oxygens (including phenoxy) is 1. The van der Waals surface area contributed by atoms with Crippen LogP contribution in [0.2, 0.25) is 0 Å². The van der Waals surface area contributed by atoms with Gasteiger partial charge in [0.2, 0.25) is 5.91 Å². The molecule has 22 heavy (non-hydrogen) atoms. The fourth-order valence-electron chi connectivity index (χ4n) is 2.74. The van der Waals surface area contributed by atoms with Gasteiger partial charge in [0.15, 0.2) is 0 Å². The molecule has 1 amide bonds. The molecule has 1 fully saturated rings. The lowest BCUT2D eigenvalue weighted by Crippen LogP contribution is -2.43. The molecule has 1 heterocycles. The van der Waals surface area contributed by atoms with Crippen molar-refractivity contribution in [1.29, 1.82) is 0 Å². The Hall–Kier alpha value is -1.84. The number of rotatable bonds is 4. The average molecular weight is 303 g/mol. The van der Waals surface area contributed by atoms with E-state index in [4.69, 9.17) is 4.74 Å². The van der Waals surface area contributed by atoms with E-state index in [1.54, 1.807) is 4.90 Å². The molecule has 0 spiro atoms. The smallest absolute Gasteiger partial charge is 0.316 e. The molecule has 0 saturated carbocycles. The first-order valence-corrected chi connectivity index (χ1v) is 8.10. The maximum Gasteiger partial charge on any atom is 0.316 e. The maximum atomic E-state index is 12.3. The van der Waals surface area contributed by atoms with Crippen LogP contribution in [0.4, 0.5) is 0 Å². The third-order valence-corrected chi connectivity index (χ3v) is 4.18. The molecule has 1 aliphatic rings. The average Bonchev–Trinajstić information content (AvgIpc) is 2.54. The van der Waals surface area contributed by atoms with Crippen molar-refractivity contribution >= 4 is 11.9 Å². The van der Waals surface area contributed by atoms with Crippen LogP contribution in [-0.2, 0) is 9.59 Å². The van der Waals surface area contributed by atoms with Crippen LogP contribution < -0.4 is 4.74 Å². The summed E-state index contributed by atoms with van der Waals surface area (Å²) < 4.78 is 5.47. The molecule has 1 saturated heterocycles. The highest BCUT2D eigenvalue weighted by atomic mass is 16.5. The van der Waals surface area contributed by atoms with E-state index in [0.29, 0.717) is 24.6 Å². The molecule has 1 aliphatic heterocycles. The number of carbonyl (C=O) groups is 2. The van der Waals surface area contributed by atoms with E-state index in [-0.39, 0.29) is 17.8 Å². The number of hydrogen-bond donors (Lipinski definition) is 0. The van der Waals surface area contributed by atoms with Gasteiger partial charge in [0.25, 0.3) is 0 Å². The summed E-state index contributed by atoms with van der Waals surface area (Å²) in [5, 5.41) is 0. The van der Waals surface area contributed by atoms with Gasteiger partial charge >= 0.3 is 5.97 Å². The van der Waals surface area contributed by atoms with Crippen LogP contribution in [0.25, 0.3) is 0 Å². The summed E-state index contributed by atoms with van der Waals surface area (Å²) in [5.41, 5.74) is 1.22. The molecule has 1 unspecified atom stereocenters. The van der Waals surface area contributed by atoms with Crippen molar-refractivity contribution in [2.75, 3.05) is 13.1 Å². The van der Waals surface area contributed by atoms with Crippen molar-refractivity contribution in [3.63, 3.8) is 0 Å². The number of likely N-dealkylation sites (tertiary alicyclic amines) is 1. The summed E-state index contributed by atoms with van der Waals surface area (Å²) in [5.74, 6) is 0.698. The monoisotopic (exact) mass is 303 g/mol. The molecular formula is C18H25NO3. The second-order valence-corrected chi connectivity index (χ2v) is 6.18. The van der Waals surface area contributed by atoms with Crippen LogP contribution in [0, 0.1) is 5.92 Å². The number of carbonyl (C=O) groups excluding carboxylic acids is 2. The molecule has 120 valence electrons. The lowest BCUT2D eigenvalue weighted by Gasteiger charge is -2.31. The highest BCUT2D eigenvalue weighted by Gasteiger charge is 2.29. The van der Waals surface area contributed by atoms with Crippen LogP contribution in [-0.4, -0.2) is 29.9 Å². The Labute approximate surface area is 132 Å². The Morgan fingerprint density at radius 3 is 2.55 bits per heavy atom. The van der Waals surface area contributed by atoms with E-state index in [2.05, 4.69) is 13.8 Å². The van der Waals surface area contributed by atoms with Crippen molar-refractivity contribution in [2.45, 2.75) is 46.0 Å². The third kappa shape index (κ3) is 4.09. The summed E-state index contributed by atoms with van der Waals surface area (Å²) in [4.78, 5) is 25.8. The van der Waals surface area contributed by atoms with Gasteiger partial charge < -0.3 is 9.64 Å². The summed E-state index contributed by atoms with van der Waals surface area (Å²) in [6.07, 6.45) is 2.13. The first-order valence-electron chi connectivity index (χ1n) is 8.10. The number of benzene rings is 1. The van der Waals surface area contributed by atoms with E-state index in [0.717, 1.165) is 19.4 Å². The van der Waals surface area contributed by atoms with Gasteiger partial charge in [-0.05, 0) is 36.5 Å². The van der Waals surface area contributed by atoms with Crippen LogP contribution in [0.5, 0.6) is 5.75 Å². The highest BCUT2D eigenvalue weighted by molar-refractivity contribution is 5.79. The number of nitrogens with zero attached hydrogens (tertiary/aromatic N) is 1. The molecule has 0 N–H and O–H groups in total. The Morgan fingerprint density at radius 1 is 1.27 bits per heavy atom. The van der Waals surface area contributed by atoms with Crippen molar-refractivity contribution in [3.8, 4) is 5.75 Å². The minimum Gasteiger partial charge on any atom is -0.426 e. The van der Waals surface area contributed by atoms with Crippen LogP contribution in [0.15, 0.2) is 24.3 Å². The van der Waals surface area contributed by atoms with Gasteiger partial charge in [0.1, 0.15) is 5.75 Å². The molecule has 0 radical (unpaired) electrons. The second kappa shape index (κ2) is 7.43. The van der Waals surface area contributed by atoms with Crippen LogP contribution in [0.3, 0.4) is 0 Å². The van der Waals surface area contributed by atoms with Gasteiger partial charge in [0, 0.05) is 19.5 Å². The maximum absolute atomic E-state index is 12.3. The standard InChI is InChI=1S/C18H25NO3/c1-4-17(20)19-11-5-6-15(12-19)18(21)22-16-9-7-14(8-10-16)13(2)3/h7-10,13,15H,4-6,11-12H2,1-3H3. The zero-order valence-electron chi connectivity index (χ0n) is 13.7. The van der Waals surface area contributed by atoms with Gasteiger partial charge in [-0.15, -0.1) is 0 Å². The Bertz CT molecular complexity index is 522. The van der Waals surface area contributed by atoms with E-state index in [1.807, 2.05) is 31.2 Å². The third-order valence-electron chi connectivity index (χ3n) is 4.18. The SMILES string of the molecule is CCC(=O)N1CCCC(C(=O)Oc2ccc(C(C)C)cc2)C1. The second-order valence-electron chi connectivity index (χ2n) is 6.18. The number of hydrogen-bond acceptors (Lipinski definition) is 3. The number of piperidine rings is 1. The largest absolute Gasteiger partial charge is 0.426 e. The summed E-state index contributed by atoms with van der Waals surface area (Å²) in [7, 11) is 0. The van der Waals surface area contributed by atoms with E-state index >= 15 is 0 Å². The zero-order valence-corrected chi connectivity index (χ0v) is 13.7. The Balaban J connectivity index is 1.95. The topological polar surface area (TPSA) is 46.6 Å². The normalized spacial score (nSPS) is 18.4. The van der Waals surface area contributed by atoms with Gasteiger partial charge in [-0.25, -0.2) is 0 Å². The quantitative estimate of drug-likeness (QED) is 0.633. The molecule has 1 aromatic carbocycles. The van der Waals surface area contributed by atoms with Gasteiger partial charge in [-0.2, -0.15) is 0 Å². The number of esters is 1.